The summed E-state index contributed by atoms with van der Waals surface area (Å²) in [5.41, 5.74) is 4.58. The molecule has 0 amide bonds. The molecule has 2 aromatic carbocycles. The molecule has 0 saturated carbocycles. The highest BCUT2D eigenvalue weighted by atomic mass is 32.2. The molecule has 0 radical (unpaired) electrons. The Kier molecular flexibility index (Phi) is 4.20. The monoisotopic (exact) mass is 365 g/mol. The van der Waals surface area contributed by atoms with Gasteiger partial charge in [-0.15, -0.1) is 10.2 Å². The molecule has 6 heteroatoms. The number of fused-ring (bicyclic) bond motifs is 3. The Hall–Kier alpha value is -2.73. The number of ketones is 1. The van der Waals surface area contributed by atoms with E-state index in [1.54, 1.807) is 0 Å². The van der Waals surface area contributed by atoms with Crippen molar-refractivity contribution in [3.63, 3.8) is 0 Å². The fourth-order valence-corrected chi connectivity index (χ4v) is 3.91. The van der Waals surface area contributed by atoms with E-state index in [2.05, 4.69) is 36.2 Å². The first-order chi connectivity index (χ1) is 12.5. The number of rotatable bonds is 4. The highest BCUT2D eigenvalue weighted by Crippen LogP contribution is 2.28. The Morgan fingerprint density at radius 1 is 1.08 bits per heavy atom. The SMILES string of the molecule is Cc1cc2nnc(SCC(=O)c3ccc(F)cc3)n2c2c(C)cccc12. The van der Waals surface area contributed by atoms with Crippen molar-refractivity contribution in [1.82, 2.24) is 14.6 Å². The quantitative estimate of drug-likeness (QED) is 0.391. The first-order valence-electron chi connectivity index (χ1n) is 8.20. The van der Waals surface area contributed by atoms with Gasteiger partial charge in [0.1, 0.15) is 5.82 Å². The van der Waals surface area contributed by atoms with Gasteiger partial charge < -0.3 is 0 Å². The maximum absolute atomic E-state index is 13.0. The van der Waals surface area contributed by atoms with Gasteiger partial charge in [-0.3, -0.25) is 9.20 Å². The van der Waals surface area contributed by atoms with Gasteiger partial charge in [0.25, 0.3) is 0 Å². The molecule has 0 N–H and O–H groups in total. The van der Waals surface area contributed by atoms with Crippen molar-refractivity contribution in [2.45, 2.75) is 19.0 Å². The predicted molar refractivity (Wildman–Crippen MR) is 101 cm³/mol. The molecule has 2 aromatic heterocycles. The molecule has 26 heavy (non-hydrogen) atoms. The van der Waals surface area contributed by atoms with E-state index in [1.165, 1.54) is 36.0 Å². The highest BCUT2D eigenvalue weighted by Gasteiger charge is 2.15. The Balaban J connectivity index is 1.71. The molecule has 4 nitrogen and oxygen atoms in total. The second-order valence-electron chi connectivity index (χ2n) is 6.19. The molecule has 0 fully saturated rings. The van der Waals surface area contributed by atoms with Crippen LogP contribution in [0.2, 0.25) is 0 Å². The van der Waals surface area contributed by atoms with Gasteiger partial charge in [0.2, 0.25) is 0 Å². The van der Waals surface area contributed by atoms with Crippen molar-refractivity contribution < 1.29 is 9.18 Å². The van der Waals surface area contributed by atoms with E-state index in [1.807, 2.05) is 16.5 Å². The summed E-state index contributed by atoms with van der Waals surface area (Å²) < 4.78 is 15.0. The third kappa shape index (κ3) is 2.86. The average Bonchev–Trinajstić information content (AvgIpc) is 3.03. The molecular formula is C20H16FN3OS. The van der Waals surface area contributed by atoms with Crippen molar-refractivity contribution in [1.29, 1.82) is 0 Å². The normalized spacial score (nSPS) is 11.3. The largest absolute Gasteiger partial charge is 0.293 e. The van der Waals surface area contributed by atoms with E-state index in [0.717, 1.165) is 27.7 Å². The smallest absolute Gasteiger partial charge is 0.196 e. The van der Waals surface area contributed by atoms with Crippen molar-refractivity contribution in [3.8, 4) is 0 Å². The van der Waals surface area contributed by atoms with Gasteiger partial charge in [-0.25, -0.2) is 4.39 Å². The minimum absolute atomic E-state index is 0.0695. The number of halogens is 1. The molecule has 0 spiro atoms. The van der Waals surface area contributed by atoms with Crippen LogP contribution in [0, 0.1) is 19.7 Å². The number of aryl methyl sites for hydroxylation is 2. The number of para-hydroxylation sites is 1. The molecule has 0 aliphatic carbocycles. The lowest BCUT2D eigenvalue weighted by atomic mass is 10.1. The number of hydrogen-bond acceptors (Lipinski definition) is 4. The second kappa shape index (κ2) is 6.53. The first-order valence-corrected chi connectivity index (χ1v) is 9.19. The van der Waals surface area contributed by atoms with Gasteiger partial charge in [-0.2, -0.15) is 0 Å². The van der Waals surface area contributed by atoms with Crippen LogP contribution in [0.3, 0.4) is 0 Å². The minimum Gasteiger partial charge on any atom is -0.293 e. The number of Topliss-reactive ketones (excluding diaryl/α,β-unsaturated/α-hetero) is 1. The number of hydrogen-bond donors (Lipinski definition) is 0. The zero-order valence-electron chi connectivity index (χ0n) is 14.4. The number of carbonyl (C=O) groups is 1. The van der Waals surface area contributed by atoms with Gasteiger partial charge in [-0.1, -0.05) is 30.0 Å². The Labute approximate surface area is 154 Å². The van der Waals surface area contributed by atoms with E-state index in [4.69, 9.17) is 0 Å². The van der Waals surface area contributed by atoms with Crippen LogP contribution >= 0.6 is 11.8 Å². The zero-order valence-corrected chi connectivity index (χ0v) is 15.2. The summed E-state index contributed by atoms with van der Waals surface area (Å²) in [6, 6.07) is 13.8. The van der Waals surface area contributed by atoms with Gasteiger partial charge in [0.05, 0.1) is 11.3 Å². The summed E-state index contributed by atoms with van der Waals surface area (Å²) in [5.74, 6) is -0.205. The van der Waals surface area contributed by atoms with E-state index in [0.29, 0.717) is 10.7 Å². The molecular weight excluding hydrogens is 349 g/mol. The van der Waals surface area contributed by atoms with Crippen LogP contribution in [0.5, 0.6) is 0 Å². The van der Waals surface area contributed by atoms with Crippen LogP contribution in [0.25, 0.3) is 16.6 Å². The minimum atomic E-state index is -0.352. The molecule has 0 bridgehead atoms. The first kappa shape index (κ1) is 16.7. The standard InChI is InChI=1S/C20H16FN3OS/c1-12-4-3-5-16-13(2)10-18-22-23-20(24(18)19(12)16)26-11-17(25)14-6-8-15(21)9-7-14/h3-10H,11H2,1-2H3. The summed E-state index contributed by atoms with van der Waals surface area (Å²) in [6.45, 7) is 4.11. The van der Waals surface area contributed by atoms with E-state index in [9.17, 15) is 9.18 Å². The van der Waals surface area contributed by atoms with E-state index < -0.39 is 0 Å². The van der Waals surface area contributed by atoms with Crippen molar-refractivity contribution in [3.05, 3.63) is 71.0 Å². The number of carbonyl (C=O) groups excluding carboxylic acids is 1. The summed E-state index contributed by atoms with van der Waals surface area (Å²) in [4.78, 5) is 12.4. The fraction of sp³-hybridized carbons (Fsp3) is 0.150. The molecule has 0 aliphatic heterocycles. The molecule has 2 heterocycles. The molecule has 4 rings (SSSR count). The van der Waals surface area contributed by atoms with E-state index >= 15 is 0 Å². The number of nitrogens with zero attached hydrogens (tertiary/aromatic N) is 3. The van der Waals surface area contributed by atoms with Crippen LogP contribution in [0.4, 0.5) is 4.39 Å². The van der Waals surface area contributed by atoms with Crippen LogP contribution in [-0.4, -0.2) is 26.1 Å². The van der Waals surface area contributed by atoms with Gasteiger partial charge in [0, 0.05) is 10.9 Å². The second-order valence-corrected chi connectivity index (χ2v) is 7.14. The summed E-state index contributed by atoms with van der Waals surface area (Å²) in [5, 5.41) is 10.4. The molecule has 0 unspecified atom stereocenters. The average molecular weight is 365 g/mol. The summed E-state index contributed by atoms with van der Waals surface area (Å²) in [7, 11) is 0. The molecule has 4 aromatic rings. The summed E-state index contributed by atoms with van der Waals surface area (Å²) in [6.07, 6.45) is 0. The van der Waals surface area contributed by atoms with Crippen LogP contribution in [0.1, 0.15) is 21.5 Å². The third-order valence-corrected chi connectivity index (χ3v) is 5.32. The molecule has 0 atom stereocenters. The Bertz CT molecular complexity index is 1140. The number of benzene rings is 2. The Morgan fingerprint density at radius 2 is 1.85 bits per heavy atom. The molecule has 130 valence electrons. The highest BCUT2D eigenvalue weighted by molar-refractivity contribution is 7.99. The predicted octanol–water partition coefficient (Wildman–Crippen LogP) is 4.61. The topological polar surface area (TPSA) is 47.3 Å². The summed E-state index contributed by atoms with van der Waals surface area (Å²) >= 11 is 1.34. The fourth-order valence-electron chi connectivity index (χ4n) is 3.07. The third-order valence-electron chi connectivity index (χ3n) is 4.39. The van der Waals surface area contributed by atoms with E-state index in [-0.39, 0.29) is 17.4 Å². The van der Waals surface area contributed by atoms with Crippen LogP contribution < -0.4 is 0 Å². The maximum Gasteiger partial charge on any atom is 0.196 e. The maximum atomic E-state index is 13.0. The van der Waals surface area contributed by atoms with Crippen molar-refractivity contribution in [2.24, 2.45) is 0 Å². The lowest BCUT2D eigenvalue weighted by Crippen LogP contribution is -2.03. The number of thioether (sulfide) groups is 1. The molecule has 0 saturated heterocycles. The van der Waals surface area contributed by atoms with Crippen LogP contribution in [-0.2, 0) is 0 Å². The Morgan fingerprint density at radius 3 is 2.62 bits per heavy atom. The van der Waals surface area contributed by atoms with Gasteiger partial charge >= 0.3 is 0 Å². The lowest BCUT2D eigenvalue weighted by molar-refractivity contribution is 0.102. The van der Waals surface area contributed by atoms with Crippen molar-refractivity contribution in [2.75, 3.05) is 5.75 Å². The lowest BCUT2D eigenvalue weighted by Gasteiger charge is -2.09. The van der Waals surface area contributed by atoms with Crippen molar-refractivity contribution >= 4 is 34.1 Å². The number of pyridine rings is 1. The van der Waals surface area contributed by atoms with Gasteiger partial charge in [-0.05, 0) is 55.3 Å². The molecule has 0 aliphatic rings. The van der Waals surface area contributed by atoms with Crippen LogP contribution in [0.15, 0.2) is 53.7 Å². The van der Waals surface area contributed by atoms with Gasteiger partial charge in [0.15, 0.2) is 16.6 Å². The number of aromatic nitrogens is 3. The zero-order chi connectivity index (χ0) is 18.3.